The summed E-state index contributed by atoms with van der Waals surface area (Å²) in [6.45, 7) is -0.0969. The van der Waals surface area contributed by atoms with Crippen LogP contribution in [0.15, 0.2) is 47.4 Å². The molecule has 0 radical (unpaired) electrons. The van der Waals surface area contributed by atoms with Crippen LogP contribution in [-0.4, -0.2) is 25.1 Å². The molecule has 0 aliphatic heterocycles. The van der Waals surface area contributed by atoms with Crippen LogP contribution in [0.3, 0.4) is 0 Å². The first kappa shape index (κ1) is 18.6. The van der Waals surface area contributed by atoms with Gasteiger partial charge in [0.05, 0.1) is 6.20 Å². The zero-order chi connectivity index (χ0) is 19.7. The molecule has 28 heavy (non-hydrogen) atoms. The van der Waals surface area contributed by atoms with E-state index in [2.05, 4.69) is 10.1 Å². The average molecular weight is 401 g/mol. The lowest BCUT2D eigenvalue weighted by Gasteiger charge is -2.03. The van der Waals surface area contributed by atoms with Crippen LogP contribution in [-0.2, 0) is 17.8 Å². The molecule has 0 N–H and O–H groups in total. The zero-order valence-corrected chi connectivity index (χ0v) is 15.8. The molecule has 3 aromatic rings. The molecule has 144 valence electrons. The van der Waals surface area contributed by atoms with Crippen molar-refractivity contribution in [2.24, 2.45) is 0 Å². The Bertz CT molecular complexity index is 1050. The molecule has 1 saturated carbocycles. The van der Waals surface area contributed by atoms with Crippen LogP contribution in [0.1, 0.15) is 31.0 Å². The summed E-state index contributed by atoms with van der Waals surface area (Å²) in [6.07, 6.45) is 3.58. The minimum absolute atomic E-state index is 0.0969. The summed E-state index contributed by atoms with van der Waals surface area (Å²) in [7, 11) is 0. The van der Waals surface area contributed by atoms with Crippen molar-refractivity contribution in [2.75, 3.05) is 0 Å². The van der Waals surface area contributed by atoms with Crippen molar-refractivity contribution in [2.45, 2.75) is 38.3 Å². The highest BCUT2D eigenvalue weighted by molar-refractivity contribution is 6.30. The molecule has 0 saturated heterocycles. The van der Waals surface area contributed by atoms with Crippen molar-refractivity contribution in [1.82, 2.24) is 19.3 Å². The van der Waals surface area contributed by atoms with Gasteiger partial charge in [-0.2, -0.15) is 0 Å². The fraction of sp³-hybridized carbons (Fsp3) is 0.300. The van der Waals surface area contributed by atoms with E-state index >= 15 is 0 Å². The summed E-state index contributed by atoms with van der Waals surface area (Å²) >= 11 is 5.95. The maximum Gasteiger partial charge on any atom is 0.346 e. The molecule has 0 bridgehead atoms. The van der Waals surface area contributed by atoms with Gasteiger partial charge in [0, 0.05) is 28.7 Å². The lowest BCUT2D eigenvalue weighted by Crippen LogP contribution is -2.27. The second kappa shape index (κ2) is 7.67. The maximum absolute atomic E-state index is 12.9. The molecule has 6 nitrogen and oxygen atoms in total. The number of hydrogen-bond acceptors (Lipinski definition) is 4. The zero-order valence-electron chi connectivity index (χ0n) is 15.0. The number of rotatable bonds is 7. The second-order valence-corrected chi connectivity index (χ2v) is 7.31. The van der Waals surface area contributed by atoms with Crippen molar-refractivity contribution in [3.63, 3.8) is 0 Å². The number of pyridine rings is 1. The average Bonchev–Trinajstić information content (AvgIpc) is 3.47. The van der Waals surface area contributed by atoms with E-state index in [1.165, 1.54) is 10.7 Å². The Balaban J connectivity index is 1.52. The number of carbonyl (C=O) groups is 1. The van der Waals surface area contributed by atoms with E-state index in [0.29, 0.717) is 23.0 Å². The minimum Gasteiger partial charge on any atom is -0.298 e. The van der Waals surface area contributed by atoms with Gasteiger partial charge >= 0.3 is 5.69 Å². The van der Waals surface area contributed by atoms with Gasteiger partial charge in [0.2, 0.25) is 0 Å². The van der Waals surface area contributed by atoms with E-state index in [9.17, 15) is 14.0 Å². The molecule has 1 aliphatic rings. The Morgan fingerprint density at radius 1 is 1.18 bits per heavy atom. The van der Waals surface area contributed by atoms with Gasteiger partial charge in [0.25, 0.3) is 0 Å². The molecule has 2 heterocycles. The van der Waals surface area contributed by atoms with Crippen LogP contribution in [0.25, 0.3) is 11.4 Å². The largest absolute Gasteiger partial charge is 0.346 e. The number of nitrogens with zero attached hydrogens (tertiary/aromatic N) is 4. The number of aryl methyl sites for hydroxylation is 1. The summed E-state index contributed by atoms with van der Waals surface area (Å²) in [6, 6.07) is 10.1. The van der Waals surface area contributed by atoms with Gasteiger partial charge in [0.1, 0.15) is 12.4 Å². The highest BCUT2D eigenvalue weighted by Crippen LogP contribution is 2.36. The molecule has 2 aromatic heterocycles. The van der Waals surface area contributed by atoms with Gasteiger partial charge in [-0.1, -0.05) is 11.6 Å². The van der Waals surface area contributed by atoms with Crippen LogP contribution in [0.5, 0.6) is 0 Å². The Kier molecular flexibility index (Phi) is 5.09. The first-order chi connectivity index (χ1) is 13.5. The van der Waals surface area contributed by atoms with Crippen molar-refractivity contribution < 1.29 is 9.18 Å². The van der Waals surface area contributed by atoms with Crippen LogP contribution >= 0.6 is 11.6 Å². The van der Waals surface area contributed by atoms with E-state index in [1.807, 2.05) is 12.1 Å². The third-order valence-corrected chi connectivity index (χ3v) is 4.91. The fourth-order valence-electron chi connectivity index (χ4n) is 3.05. The van der Waals surface area contributed by atoms with Gasteiger partial charge in [-0.15, -0.1) is 5.10 Å². The first-order valence-electron chi connectivity index (χ1n) is 9.08. The number of halogens is 2. The number of Topliss-reactive ketones (excluding diaryl/α,β-unsaturated/α-hetero) is 1. The Morgan fingerprint density at radius 2 is 1.93 bits per heavy atom. The maximum atomic E-state index is 12.9. The number of aromatic nitrogens is 4. The molecular weight excluding hydrogens is 383 g/mol. The molecule has 4 rings (SSSR count). The summed E-state index contributed by atoms with van der Waals surface area (Å²) in [4.78, 5) is 29.1. The monoisotopic (exact) mass is 400 g/mol. The Morgan fingerprint density at radius 3 is 2.57 bits per heavy atom. The van der Waals surface area contributed by atoms with Crippen LogP contribution in [0.2, 0.25) is 5.02 Å². The topological polar surface area (TPSA) is 69.8 Å². The van der Waals surface area contributed by atoms with Gasteiger partial charge in [-0.05, 0) is 55.7 Å². The van der Waals surface area contributed by atoms with Crippen LogP contribution in [0, 0.1) is 5.82 Å². The molecule has 1 aromatic carbocycles. The minimum atomic E-state index is -0.415. The SMILES string of the molecule is O=C(CCc1ccc(F)cn1)Cn1nc(-c2ccc(Cl)cc2)n(C2CC2)c1=O. The molecule has 0 spiro atoms. The molecule has 0 unspecified atom stereocenters. The predicted molar refractivity (Wildman–Crippen MR) is 103 cm³/mol. The smallest absolute Gasteiger partial charge is 0.298 e. The van der Waals surface area contributed by atoms with E-state index in [0.717, 1.165) is 24.6 Å². The van der Waals surface area contributed by atoms with E-state index in [4.69, 9.17) is 11.6 Å². The highest BCUT2D eigenvalue weighted by atomic mass is 35.5. The summed E-state index contributed by atoms with van der Waals surface area (Å²) < 4.78 is 15.8. The predicted octanol–water partition coefficient (Wildman–Crippen LogP) is 3.44. The number of carbonyl (C=O) groups excluding carboxylic acids is 1. The Hall–Kier alpha value is -2.80. The summed E-state index contributed by atoms with van der Waals surface area (Å²) in [5, 5.41) is 5.02. The lowest BCUT2D eigenvalue weighted by atomic mass is 10.1. The summed E-state index contributed by atoms with van der Waals surface area (Å²) in [5.41, 5.74) is 1.14. The van der Waals surface area contributed by atoms with Crippen molar-refractivity contribution in [1.29, 1.82) is 0 Å². The van der Waals surface area contributed by atoms with Crippen molar-refractivity contribution >= 4 is 17.4 Å². The van der Waals surface area contributed by atoms with Gasteiger partial charge in [-0.25, -0.2) is 13.9 Å². The first-order valence-corrected chi connectivity index (χ1v) is 9.46. The number of benzene rings is 1. The van der Waals surface area contributed by atoms with Crippen LogP contribution in [0.4, 0.5) is 4.39 Å². The van der Waals surface area contributed by atoms with Gasteiger partial charge in [0.15, 0.2) is 11.6 Å². The third kappa shape index (κ3) is 4.04. The quantitative estimate of drug-likeness (QED) is 0.609. The van der Waals surface area contributed by atoms with Crippen LogP contribution < -0.4 is 5.69 Å². The fourth-order valence-corrected chi connectivity index (χ4v) is 3.17. The number of hydrogen-bond donors (Lipinski definition) is 0. The number of ketones is 1. The standard InChI is InChI=1S/C20H18ClFN4O2/c21-14-3-1-13(2-4-14)19-24-25(20(28)26(19)17-8-9-17)12-18(27)10-7-16-6-5-15(22)11-23-16/h1-6,11,17H,7-10,12H2. The second-order valence-electron chi connectivity index (χ2n) is 6.88. The van der Waals surface area contributed by atoms with Crippen molar-refractivity contribution in [3.8, 4) is 11.4 Å². The lowest BCUT2D eigenvalue weighted by molar-refractivity contribution is -0.119. The van der Waals surface area contributed by atoms with E-state index < -0.39 is 5.82 Å². The van der Waals surface area contributed by atoms with E-state index in [1.54, 1.807) is 22.8 Å². The van der Waals surface area contributed by atoms with Crippen molar-refractivity contribution in [3.05, 3.63) is 69.6 Å². The normalized spacial score (nSPS) is 13.6. The van der Waals surface area contributed by atoms with Gasteiger partial charge in [-0.3, -0.25) is 14.3 Å². The van der Waals surface area contributed by atoms with E-state index in [-0.39, 0.29) is 30.5 Å². The summed E-state index contributed by atoms with van der Waals surface area (Å²) in [5.74, 6) is 0.00969. The highest BCUT2D eigenvalue weighted by Gasteiger charge is 2.30. The molecule has 1 fully saturated rings. The Labute approximate surface area is 165 Å². The molecule has 0 atom stereocenters. The molecule has 8 heteroatoms. The molecule has 1 aliphatic carbocycles. The third-order valence-electron chi connectivity index (χ3n) is 4.66. The molecular formula is C20H18ClFN4O2. The van der Waals surface area contributed by atoms with Gasteiger partial charge < -0.3 is 0 Å². The molecule has 0 amide bonds.